The van der Waals surface area contributed by atoms with Crippen LogP contribution in [-0.2, 0) is 9.84 Å². The second kappa shape index (κ2) is 7.68. The Balaban J connectivity index is 1.69. The van der Waals surface area contributed by atoms with Gasteiger partial charge in [0, 0.05) is 11.3 Å². The molecule has 1 amide bonds. The molecule has 0 aliphatic heterocycles. The standard InChI is InChI=1S/C21H15F2N3O3S/c22-20(23)30(28,29)16-12-10-14(11-13-16)19(27)25-21-24-17-8-4-5-9-18(17)26(21)15-6-2-1-3-7-15/h1-13,20H,(H,24,25,27). The molecule has 0 spiro atoms. The van der Waals surface area contributed by atoms with Crippen molar-refractivity contribution in [3.8, 4) is 5.69 Å². The summed E-state index contributed by atoms with van der Waals surface area (Å²) in [6.45, 7) is 0. The van der Waals surface area contributed by atoms with Gasteiger partial charge in [0.2, 0.25) is 15.8 Å². The van der Waals surface area contributed by atoms with Crippen LogP contribution < -0.4 is 5.32 Å². The second-order valence-corrected chi connectivity index (χ2v) is 8.30. The smallest absolute Gasteiger partial charge is 0.292 e. The van der Waals surface area contributed by atoms with Gasteiger partial charge in [0.25, 0.3) is 5.91 Å². The zero-order chi connectivity index (χ0) is 21.3. The molecular formula is C21H15F2N3O3S. The fourth-order valence-electron chi connectivity index (χ4n) is 3.02. The van der Waals surface area contributed by atoms with Crippen LogP contribution >= 0.6 is 0 Å². The average molecular weight is 427 g/mol. The molecule has 0 fully saturated rings. The minimum Gasteiger partial charge on any atom is -0.292 e. The van der Waals surface area contributed by atoms with Gasteiger partial charge in [-0.3, -0.25) is 14.7 Å². The normalized spacial score (nSPS) is 11.7. The summed E-state index contributed by atoms with van der Waals surface area (Å²) in [5.74, 6) is -3.80. The Hall–Kier alpha value is -3.59. The molecule has 152 valence electrons. The van der Waals surface area contributed by atoms with Gasteiger partial charge in [-0.25, -0.2) is 13.4 Å². The van der Waals surface area contributed by atoms with E-state index < -0.39 is 26.4 Å². The van der Waals surface area contributed by atoms with Crippen LogP contribution in [0, 0.1) is 0 Å². The van der Waals surface area contributed by atoms with Crippen molar-refractivity contribution in [1.29, 1.82) is 0 Å². The lowest BCUT2D eigenvalue weighted by Gasteiger charge is -2.10. The van der Waals surface area contributed by atoms with Crippen molar-refractivity contribution in [3.63, 3.8) is 0 Å². The molecule has 1 aromatic heterocycles. The van der Waals surface area contributed by atoms with Crippen molar-refractivity contribution >= 4 is 32.7 Å². The van der Waals surface area contributed by atoms with Crippen molar-refractivity contribution in [2.24, 2.45) is 0 Å². The number of carbonyl (C=O) groups is 1. The first-order valence-corrected chi connectivity index (χ1v) is 10.4. The van der Waals surface area contributed by atoms with E-state index in [0.717, 1.165) is 23.3 Å². The molecule has 0 aliphatic carbocycles. The highest BCUT2D eigenvalue weighted by Gasteiger charge is 2.26. The molecule has 4 rings (SSSR count). The van der Waals surface area contributed by atoms with E-state index in [2.05, 4.69) is 10.3 Å². The van der Waals surface area contributed by atoms with Gasteiger partial charge in [0.1, 0.15) is 0 Å². The highest BCUT2D eigenvalue weighted by molar-refractivity contribution is 7.91. The number of nitrogens with one attached hydrogen (secondary N) is 1. The number of benzene rings is 3. The topological polar surface area (TPSA) is 81.1 Å². The van der Waals surface area contributed by atoms with Gasteiger partial charge in [0.05, 0.1) is 15.9 Å². The number of para-hydroxylation sites is 3. The van der Waals surface area contributed by atoms with E-state index in [1.807, 2.05) is 54.6 Å². The lowest BCUT2D eigenvalue weighted by Crippen LogP contribution is -2.16. The summed E-state index contributed by atoms with van der Waals surface area (Å²) >= 11 is 0. The Kier molecular flexibility index (Phi) is 5.04. The molecule has 3 aromatic carbocycles. The van der Waals surface area contributed by atoms with E-state index in [1.54, 1.807) is 4.57 Å². The first-order valence-electron chi connectivity index (χ1n) is 8.84. The highest BCUT2D eigenvalue weighted by atomic mass is 32.2. The number of alkyl halides is 2. The summed E-state index contributed by atoms with van der Waals surface area (Å²) < 4.78 is 50.2. The maximum absolute atomic E-state index is 12.7. The van der Waals surface area contributed by atoms with Crippen molar-refractivity contribution in [2.45, 2.75) is 10.7 Å². The van der Waals surface area contributed by atoms with Crippen LogP contribution in [0.2, 0.25) is 0 Å². The number of aromatic nitrogens is 2. The third-order valence-corrected chi connectivity index (χ3v) is 5.88. The summed E-state index contributed by atoms with van der Waals surface area (Å²) in [7, 11) is -4.72. The number of hydrogen-bond acceptors (Lipinski definition) is 4. The predicted octanol–water partition coefficient (Wildman–Crippen LogP) is 4.27. The summed E-state index contributed by atoms with van der Waals surface area (Å²) in [5, 5.41) is 2.71. The summed E-state index contributed by atoms with van der Waals surface area (Å²) in [5.41, 5.74) is 2.36. The highest BCUT2D eigenvalue weighted by Crippen LogP contribution is 2.25. The van der Waals surface area contributed by atoms with Gasteiger partial charge in [-0.2, -0.15) is 8.78 Å². The van der Waals surface area contributed by atoms with E-state index in [-0.39, 0.29) is 11.5 Å². The number of halogens is 2. The summed E-state index contributed by atoms with van der Waals surface area (Å²) in [6.07, 6.45) is 0. The lowest BCUT2D eigenvalue weighted by atomic mass is 10.2. The number of amides is 1. The van der Waals surface area contributed by atoms with Crippen molar-refractivity contribution in [2.75, 3.05) is 5.32 Å². The Morgan fingerprint density at radius 2 is 1.53 bits per heavy atom. The summed E-state index contributed by atoms with van der Waals surface area (Å²) in [4.78, 5) is 16.6. The minimum absolute atomic E-state index is 0.106. The van der Waals surface area contributed by atoms with Gasteiger partial charge >= 0.3 is 5.76 Å². The van der Waals surface area contributed by atoms with E-state index in [0.29, 0.717) is 5.52 Å². The molecule has 4 aromatic rings. The van der Waals surface area contributed by atoms with Gasteiger partial charge in [0.15, 0.2) is 0 Å². The largest absolute Gasteiger partial charge is 0.341 e. The maximum atomic E-state index is 12.7. The molecule has 30 heavy (non-hydrogen) atoms. The van der Waals surface area contributed by atoms with Crippen molar-refractivity contribution in [1.82, 2.24) is 9.55 Å². The van der Waals surface area contributed by atoms with E-state index in [1.165, 1.54) is 12.1 Å². The quantitative estimate of drug-likeness (QED) is 0.516. The average Bonchev–Trinajstić information content (AvgIpc) is 3.12. The summed E-state index contributed by atoms with van der Waals surface area (Å²) in [6, 6.07) is 21.0. The minimum atomic E-state index is -4.72. The third-order valence-electron chi connectivity index (χ3n) is 4.48. The zero-order valence-electron chi connectivity index (χ0n) is 15.4. The van der Waals surface area contributed by atoms with Crippen LogP contribution in [0.5, 0.6) is 0 Å². The SMILES string of the molecule is O=C(Nc1nc2ccccc2n1-c1ccccc1)c1ccc(S(=O)(=O)C(F)F)cc1. The molecule has 9 heteroatoms. The monoisotopic (exact) mass is 427 g/mol. The maximum Gasteiger partial charge on any atom is 0.341 e. The van der Waals surface area contributed by atoms with E-state index in [4.69, 9.17) is 0 Å². The molecule has 0 bridgehead atoms. The zero-order valence-corrected chi connectivity index (χ0v) is 16.2. The number of rotatable bonds is 5. The number of nitrogens with zero attached hydrogens (tertiary/aromatic N) is 2. The van der Waals surface area contributed by atoms with Crippen LogP contribution in [0.3, 0.4) is 0 Å². The lowest BCUT2D eigenvalue weighted by molar-refractivity contribution is 0.102. The van der Waals surface area contributed by atoms with E-state index >= 15 is 0 Å². The molecule has 0 radical (unpaired) electrons. The molecule has 0 saturated carbocycles. The van der Waals surface area contributed by atoms with Gasteiger partial charge in [-0.15, -0.1) is 0 Å². The Morgan fingerprint density at radius 3 is 2.20 bits per heavy atom. The van der Waals surface area contributed by atoms with Crippen LogP contribution in [0.1, 0.15) is 10.4 Å². The van der Waals surface area contributed by atoms with Crippen LogP contribution in [0.25, 0.3) is 16.7 Å². The molecule has 0 aliphatic rings. The molecule has 1 N–H and O–H groups in total. The number of sulfone groups is 1. The molecule has 0 unspecified atom stereocenters. The number of anilines is 1. The Labute approximate surface area is 170 Å². The van der Waals surface area contributed by atoms with Crippen molar-refractivity contribution in [3.05, 3.63) is 84.4 Å². The van der Waals surface area contributed by atoms with Crippen molar-refractivity contribution < 1.29 is 22.0 Å². The van der Waals surface area contributed by atoms with Crippen LogP contribution in [0.15, 0.2) is 83.8 Å². The second-order valence-electron chi connectivity index (χ2n) is 6.38. The van der Waals surface area contributed by atoms with Crippen LogP contribution in [-0.4, -0.2) is 29.6 Å². The fraction of sp³-hybridized carbons (Fsp3) is 0.0476. The first-order chi connectivity index (χ1) is 14.4. The molecule has 0 atom stereocenters. The Bertz CT molecular complexity index is 1320. The molecule has 1 heterocycles. The van der Waals surface area contributed by atoms with Gasteiger partial charge in [-0.05, 0) is 48.5 Å². The fourth-order valence-corrected chi connectivity index (χ4v) is 3.74. The van der Waals surface area contributed by atoms with Gasteiger partial charge < -0.3 is 0 Å². The Morgan fingerprint density at radius 1 is 0.900 bits per heavy atom. The number of carbonyl (C=O) groups excluding carboxylic acids is 1. The number of hydrogen-bond donors (Lipinski definition) is 1. The number of imidazole rings is 1. The molecule has 6 nitrogen and oxygen atoms in total. The third kappa shape index (κ3) is 3.55. The van der Waals surface area contributed by atoms with Crippen LogP contribution in [0.4, 0.5) is 14.7 Å². The first kappa shape index (κ1) is 19.7. The molecule has 0 saturated heterocycles. The molecular weight excluding hydrogens is 412 g/mol. The van der Waals surface area contributed by atoms with Gasteiger partial charge in [-0.1, -0.05) is 30.3 Å². The number of fused-ring (bicyclic) bond motifs is 1. The predicted molar refractivity (Wildman–Crippen MR) is 109 cm³/mol. The van der Waals surface area contributed by atoms with E-state index in [9.17, 15) is 22.0 Å².